The number of piperidine rings is 1. The van der Waals surface area contributed by atoms with Crippen molar-refractivity contribution in [3.05, 3.63) is 0 Å². The van der Waals surface area contributed by atoms with Gasteiger partial charge in [-0.05, 0) is 50.6 Å². The highest BCUT2D eigenvalue weighted by Gasteiger charge is 2.41. The van der Waals surface area contributed by atoms with E-state index in [0.29, 0.717) is 12.0 Å². The Kier molecular flexibility index (Phi) is 6.76. The molecule has 0 radical (unpaired) electrons. The van der Waals surface area contributed by atoms with Gasteiger partial charge in [-0.1, -0.05) is 13.3 Å². The molecule has 2 aliphatic rings. The van der Waals surface area contributed by atoms with Crippen LogP contribution in [-0.2, 0) is 9.53 Å². The largest absolute Gasteiger partial charge is 0.384 e. The van der Waals surface area contributed by atoms with Crippen LogP contribution in [0.15, 0.2) is 0 Å². The van der Waals surface area contributed by atoms with E-state index in [1.54, 1.807) is 7.11 Å². The minimum Gasteiger partial charge on any atom is -0.384 e. The molecule has 2 N–H and O–H groups in total. The Bertz CT molecular complexity index is 302. The van der Waals surface area contributed by atoms with Crippen molar-refractivity contribution in [1.29, 1.82) is 0 Å². The fourth-order valence-corrected chi connectivity index (χ4v) is 3.41. The molecule has 0 aromatic carbocycles. The second-order valence-electron chi connectivity index (χ2n) is 6.35. The molecule has 2 fully saturated rings. The molecule has 118 valence electrons. The van der Waals surface area contributed by atoms with E-state index in [1.165, 1.54) is 25.7 Å². The van der Waals surface area contributed by atoms with Crippen molar-refractivity contribution in [3.63, 3.8) is 0 Å². The predicted molar refractivity (Wildman–Crippen MR) is 83.2 cm³/mol. The molecule has 0 spiro atoms. The molecule has 0 aromatic rings. The number of rotatable bonds is 6. The third-order valence-electron chi connectivity index (χ3n) is 5.25. The van der Waals surface area contributed by atoms with Crippen LogP contribution in [0.2, 0.25) is 0 Å². The van der Waals surface area contributed by atoms with Crippen molar-refractivity contribution >= 4 is 18.3 Å². The summed E-state index contributed by atoms with van der Waals surface area (Å²) in [5, 5.41) is 6.55. The monoisotopic (exact) mass is 304 g/mol. The summed E-state index contributed by atoms with van der Waals surface area (Å²) >= 11 is 0. The second-order valence-corrected chi connectivity index (χ2v) is 6.35. The molecule has 1 saturated heterocycles. The SMILES string of the molecule is CCC1(CNC(=O)C2(COC)CCNCC2)CCC1.Cl. The van der Waals surface area contributed by atoms with Gasteiger partial charge >= 0.3 is 0 Å². The summed E-state index contributed by atoms with van der Waals surface area (Å²) in [4.78, 5) is 12.6. The second kappa shape index (κ2) is 7.62. The number of hydrogen-bond acceptors (Lipinski definition) is 3. The van der Waals surface area contributed by atoms with Gasteiger partial charge in [0.1, 0.15) is 0 Å². The van der Waals surface area contributed by atoms with Crippen molar-refractivity contribution in [2.24, 2.45) is 10.8 Å². The first-order chi connectivity index (χ1) is 9.16. The first-order valence-corrected chi connectivity index (χ1v) is 7.64. The van der Waals surface area contributed by atoms with Crippen LogP contribution in [0.4, 0.5) is 0 Å². The lowest BCUT2D eigenvalue weighted by atomic mass is 9.67. The molecule has 0 bridgehead atoms. The zero-order valence-corrected chi connectivity index (χ0v) is 13.6. The van der Waals surface area contributed by atoms with Gasteiger partial charge in [-0.15, -0.1) is 12.4 Å². The molecule has 1 aliphatic carbocycles. The number of carbonyl (C=O) groups is 1. The van der Waals surface area contributed by atoms with E-state index in [2.05, 4.69) is 17.6 Å². The molecule has 1 amide bonds. The summed E-state index contributed by atoms with van der Waals surface area (Å²) in [6, 6.07) is 0. The molecule has 20 heavy (non-hydrogen) atoms. The summed E-state index contributed by atoms with van der Waals surface area (Å²) < 4.78 is 5.32. The van der Waals surface area contributed by atoms with E-state index in [9.17, 15) is 4.79 Å². The molecule has 1 aliphatic heterocycles. The van der Waals surface area contributed by atoms with E-state index in [0.717, 1.165) is 32.5 Å². The number of halogens is 1. The predicted octanol–water partition coefficient (Wildman–Crippen LogP) is 2.12. The lowest BCUT2D eigenvalue weighted by molar-refractivity contribution is -0.137. The van der Waals surface area contributed by atoms with Crippen molar-refractivity contribution in [2.45, 2.75) is 45.4 Å². The minimum absolute atomic E-state index is 0. The minimum atomic E-state index is -0.307. The van der Waals surface area contributed by atoms with Gasteiger partial charge in [0, 0.05) is 13.7 Å². The maximum Gasteiger partial charge on any atom is 0.228 e. The van der Waals surface area contributed by atoms with Crippen molar-refractivity contribution in [1.82, 2.24) is 10.6 Å². The Hall–Kier alpha value is -0.320. The van der Waals surface area contributed by atoms with Gasteiger partial charge in [0.05, 0.1) is 12.0 Å². The van der Waals surface area contributed by atoms with Crippen LogP contribution in [-0.4, -0.2) is 39.3 Å². The standard InChI is InChI=1S/C15H28N2O2.ClH/c1-3-14(5-4-6-14)11-17-13(18)15(12-19-2)7-9-16-10-8-15;/h16H,3-12H2,1-2H3,(H,17,18);1H. The zero-order valence-electron chi connectivity index (χ0n) is 12.8. The maximum atomic E-state index is 12.6. The van der Waals surface area contributed by atoms with Crippen molar-refractivity contribution < 1.29 is 9.53 Å². The highest BCUT2D eigenvalue weighted by atomic mass is 35.5. The summed E-state index contributed by atoms with van der Waals surface area (Å²) in [6.45, 7) is 5.45. The fourth-order valence-electron chi connectivity index (χ4n) is 3.41. The first-order valence-electron chi connectivity index (χ1n) is 7.64. The number of ether oxygens (including phenoxy) is 1. The molecule has 2 rings (SSSR count). The normalized spacial score (nSPS) is 23.3. The van der Waals surface area contributed by atoms with Crippen LogP contribution < -0.4 is 10.6 Å². The van der Waals surface area contributed by atoms with Crippen molar-refractivity contribution in [2.75, 3.05) is 33.4 Å². The number of carbonyl (C=O) groups excluding carboxylic acids is 1. The molecule has 0 aromatic heterocycles. The average molecular weight is 305 g/mol. The van der Waals surface area contributed by atoms with E-state index >= 15 is 0 Å². The molecule has 4 nitrogen and oxygen atoms in total. The average Bonchev–Trinajstić information content (AvgIpc) is 2.39. The number of amides is 1. The number of methoxy groups -OCH3 is 1. The lowest BCUT2D eigenvalue weighted by Crippen LogP contribution is -2.52. The molecule has 0 unspecified atom stereocenters. The molecule has 1 saturated carbocycles. The Balaban J connectivity index is 0.00000200. The Morgan fingerprint density at radius 3 is 2.35 bits per heavy atom. The van der Waals surface area contributed by atoms with Crippen LogP contribution in [0.25, 0.3) is 0 Å². The number of hydrogen-bond donors (Lipinski definition) is 2. The van der Waals surface area contributed by atoms with E-state index in [-0.39, 0.29) is 23.7 Å². The van der Waals surface area contributed by atoms with Gasteiger partial charge in [0.25, 0.3) is 0 Å². The summed E-state index contributed by atoms with van der Waals surface area (Å²) in [5.41, 5.74) is 0.0789. The Labute approximate surface area is 128 Å². The molecular formula is C15H29ClN2O2. The van der Waals surface area contributed by atoms with Crippen LogP contribution in [0.5, 0.6) is 0 Å². The molecule has 0 atom stereocenters. The van der Waals surface area contributed by atoms with E-state index in [1.807, 2.05) is 0 Å². The quantitative estimate of drug-likeness (QED) is 0.790. The highest BCUT2D eigenvalue weighted by molar-refractivity contribution is 5.85. The van der Waals surface area contributed by atoms with Gasteiger partial charge in [-0.3, -0.25) is 4.79 Å². The van der Waals surface area contributed by atoms with Crippen LogP contribution in [0.3, 0.4) is 0 Å². The molecule has 5 heteroatoms. The van der Waals surface area contributed by atoms with Crippen LogP contribution in [0, 0.1) is 10.8 Å². The van der Waals surface area contributed by atoms with Crippen molar-refractivity contribution in [3.8, 4) is 0 Å². The van der Waals surface area contributed by atoms with E-state index in [4.69, 9.17) is 4.74 Å². The highest BCUT2D eigenvalue weighted by Crippen LogP contribution is 2.43. The summed E-state index contributed by atoms with van der Waals surface area (Å²) in [6.07, 6.45) is 6.78. The summed E-state index contributed by atoms with van der Waals surface area (Å²) in [5.74, 6) is 0.204. The zero-order chi connectivity index (χ0) is 13.8. The topological polar surface area (TPSA) is 50.4 Å². The van der Waals surface area contributed by atoms with Gasteiger partial charge in [0.15, 0.2) is 0 Å². The fraction of sp³-hybridized carbons (Fsp3) is 0.933. The Morgan fingerprint density at radius 1 is 1.25 bits per heavy atom. The van der Waals surface area contributed by atoms with E-state index < -0.39 is 0 Å². The van der Waals surface area contributed by atoms with Crippen LogP contribution >= 0.6 is 12.4 Å². The van der Waals surface area contributed by atoms with Crippen LogP contribution in [0.1, 0.15) is 45.4 Å². The lowest BCUT2D eigenvalue weighted by Gasteiger charge is -2.43. The smallest absolute Gasteiger partial charge is 0.228 e. The maximum absolute atomic E-state index is 12.6. The number of nitrogens with one attached hydrogen (secondary N) is 2. The molecule has 1 heterocycles. The third kappa shape index (κ3) is 3.66. The Morgan fingerprint density at radius 2 is 1.90 bits per heavy atom. The van der Waals surface area contributed by atoms with Gasteiger partial charge in [-0.25, -0.2) is 0 Å². The molecular weight excluding hydrogens is 276 g/mol. The van der Waals surface area contributed by atoms with Gasteiger partial charge < -0.3 is 15.4 Å². The summed E-state index contributed by atoms with van der Waals surface area (Å²) in [7, 11) is 1.69. The first kappa shape index (κ1) is 17.7. The van der Waals surface area contributed by atoms with Gasteiger partial charge in [0.2, 0.25) is 5.91 Å². The van der Waals surface area contributed by atoms with Gasteiger partial charge in [-0.2, -0.15) is 0 Å². The third-order valence-corrected chi connectivity index (χ3v) is 5.25.